The minimum atomic E-state index is -0.383. The van der Waals surface area contributed by atoms with Gasteiger partial charge in [-0.2, -0.15) is 0 Å². The first-order valence-corrected chi connectivity index (χ1v) is 15.5. The Morgan fingerprint density at radius 2 is 1.91 bits per heavy atom. The average molecular weight is 604 g/mol. The van der Waals surface area contributed by atoms with Crippen LogP contribution in [-0.2, 0) is 29.2 Å². The minimum Gasteiger partial charge on any atom is -0.473 e. The highest BCUT2D eigenvalue weighted by Crippen LogP contribution is 2.31. The number of amides is 1. The van der Waals surface area contributed by atoms with E-state index in [4.69, 9.17) is 31.0 Å². The molecule has 2 atom stereocenters. The number of hydrogen-bond donors (Lipinski definition) is 1. The maximum Gasteiger partial charge on any atom is 0.227 e. The number of rotatable bonds is 9. The predicted octanol–water partition coefficient (Wildman–Crippen LogP) is 5.57. The monoisotopic (exact) mass is 603 g/mol. The number of halogens is 2. The Bertz CT molecular complexity index is 1630. The standard InChI is InChI=1S/C33H35ClFN5O3/c34-24-6-4-23(27(35)17-24)20-43-32-3-1-2-28(38-32)21-9-13-39(14-10-21)19-31-37-29-16-22(26-8-12-36-33(26)41)5-7-30(29)40(31)18-25-11-15-42-25/h1-7,16-17,21,25-26H,8-15,18-20H2,(H,36,41)/t25-,26?/m0/s1. The van der Waals surface area contributed by atoms with Crippen molar-refractivity contribution < 1.29 is 18.7 Å². The summed E-state index contributed by atoms with van der Waals surface area (Å²) in [7, 11) is 0. The molecule has 3 fully saturated rings. The lowest BCUT2D eigenvalue weighted by molar-refractivity contribution is -0.120. The van der Waals surface area contributed by atoms with Crippen molar-refractivity contribution >= 4 is 28.5 Å². The van der Waals surface area contributed by atoms with Crippen molar-refractivity contribution in [1.29, 1.82) is 0 Å². The second-order valence-electron chi connectivity index (χ2n) is 11.8. The molecule has 3 saturated heterocycles. The van der Waals surface area contributed by atoms with Gasteiger partial charge in [0, 0.05) is 41.4 Å². The Labute approximate surface area is 255 Å². The zero-order valence-electron chi connectivity index (χ0n) is 24.0. The smallest absolute Gasteiger partial charge is 0.227 e. The number of hydrogen-bond acceptors (Lipinski definition) is 6. The van der Waals surface area contributed by atoms with Crippen LogP contribution < -0.4 is 10.1 Å². The number of imidazole rings is 1. The Balaban J connectivity index is 1.02. The topological polar surface area (TPSA) is 81.5 Å². The zero-order valence-corrected chi connectivity index (χ0v) is 24.7. The van der Waals surface area contributed by atoms with Crippen LogP contribution in [0.3, 0.4) is 0 Å². The molecule has 1 amide bonds. The van der Waals surface area contributed by atoms with Gasteiger partial charge in [0.05, 0.1) is 36.1 Å². The molecule has 4 aromatic rings. The maximum atomic E-state index is 14.2. The van der Waals surface area contributed by atoms with E-state index in [1.54, 1.807) is 12.1 Å². The van der Waals surface area contributed by atoms with Gasteiger partial charge in [0.2, 0.25) is 11.8 Å². The molecular weight excluding hydrogens is 569 g/mol. The van der Waals surface area contributed by atoms with E-state index in [0.29, 0.717) is 22.4 Å². The predicted molar refractivity (Wildman–Crippen MR) is 162 cm³/mol. The maximum absolute atomic E-state index is 14.2. The molecule has 1 unspecified atom stereocenters. The third-order valence-electron chi connectivity index (χ3n) is 8.99. The van der Waals surface area contributed by atoms with Gasteiger partial charge >= 0.3 is 0 Å². The largest absolute Gasteiger partial charge is 0.473 e. The van der Waals surface area contributed by atoms with Crippen molar-refractivity contribution in [2.45, 2.75) is 63.3 Å². The lowest BCUT2D eigenvalue weighted by atomic mass is 9.93. The third kappa shape index (κ3) is 6.12. The molecule has 43 heavy (non-hydrogen) atoms. The van der Waals surface area contributed by atoms with Gasteiger partial charge in [-0.05, 0) is 74.7 Å². The number of fused-ring (bicyclic) bond motifs is 1. The number of benzene rings is 2. The van der Waals surface area contributed by atoms with Gasteiger partial charge in [-0.1, -0.05) is 29.8 Å². The Hall–Kier alpha value is -3.53. The fourth-order valence-electron chi connectivity index (χ4n) is 6.40. The van der Waals surface area contributed by atoms with Gasteiger partial charge in [-0.25, -0.2) is 14.4 Å². The molecule has 8 nitrogen and oxygen atoms in total. The van der Waals surface area contributed by atoms with E-state index in [1.807, 2.05) is 12.1 Å². The van der Waals surface area contributed by atoms with E-state index in [1.165, 1.54) is 6.07 Å². The summed E-state index contributed by atoms with van der Waals surface area (Å²) in [5.41, 5.74) is 4.53. The van der Waals surface area contributed by atoms with E-state index < -0.39 is 0 Å². The van der Waals surface area contributed by atoms with Crippen molar-refractivity contribution in [3.8, 4) is 5.88 Å². The highest BCUT2D eigenvalue weighted by Gasteiger charge is 2.28. The van der Waals surface area contributed by atoms with Crippen LogP contribution in [0.15, 0.2) is 54.6 Å². The van der Waals surface area contributed by atoms with E-state index in [2.05, 4.69) is 39.0 Å². The molecular formula is C33H35ClFN5O3. The minimum absolute atomic E-state index is 0.0943. The second kappa shape index (κ2) is 12.2. The molecule has 5 heterocycles. The lowest BCUT2D eigenvalue weighted by Crippen LogP contribution is -2.35. The summed E-state index contributed by atoms with van der Waals surface area (Å²) in [6.45, 7) is 5.07. The van der Waals surface area contributed by atoms with Gasteiger partial charge in [-0.3, -0.25) is 9.69 Å². The molecule has 7 rings (SSSR count). The molecule has 2 aromatic carbocycles. The summed E-state index contributed by atoms with van der Waals surface area (Å²) in [5, 5.41) is 3.31. The summed E-state index contributed by atoms with van der Waals surface area (Å²) in [6.07, 6.45) is 4.08. The number of carbonyl (C=O) groups excluding carboxylic acids is 1. The van der Waals surface area contributed by atoms with Crippen molar-refractivity contribution in [3.63, 3.8) is 0 Å². The van der Waals surface area contributed by atoms with Gasteiger partial charge in [0.15, 0.2) is 0 Å². The Kier molecular flexibility index (Phi) is 8.03. The number of nitrogens with one attached hydrogen (secondary N) is 1. The van der Waals surface area contributed by atoms with Gasteiger partial charge in [0.1, 0.15) is 18.2 Å². The van der Waals surface area contributed by atoms with Crippen LogP contribution in [0.25, 0.3) is 11.0 Å². The van der Waals surface area contributed by atoms with Crippen LogP contribution in [0.4, 0.5) is 4.39 Å². The van der Waals surface area contributed by atoms with Crippen molar-refractivity contribution in [2.24, 2.45) is 0 Å². The van der Waals surface area contributed by atoms with Crippen LogP contribution in [0.2, 0.25) is 5.02 Å². The van der Waals surface area contributed by atoms with Crippen LogP contribution in [0.1, 0.15) is 60.2 Å². The molecule has 0 radical (unpaired) electrons. The first-order chi connectivity index (χ1) is 21.0. The lowest BCUT2D eigenvalue weighted by Gasteiger charge is -2.32. The van der Waals surface area contributed by atoms with Crippen LogP contribution in [-0.4, -0.2) is 57.7 Å². The molecule has 0 bridgehead atoms. The number of ether oxygens (including phenoxy) is 2. The summed E-state index contributed by atoms with van der Waals surface area (Å²) in [5.74, 6) is 1.49. The number of piperidine rings is 1. The van der Waals surface area contributed by atoms with Crippen molar-refractivity contribution in [3.05, 3.63) is 88.1 Å². The molecule has 1 N–H and O–H groups in total. The summed E-state index contributed by atoms with van der Waals surface area (Å²) >= 11 is 5.86. The SMILES string of the molecule is O=C1NCCC1c1ccc2c(c1)nc(CN1CCC(c3cccc(OCc4ccc(Cl)cc4F)n3)CC1)n2C[C@@H]1CCO1. The fourth-order valence-corrected chi connectivity index (χ4v) is 6.56. The van der Waals surface area contributed by atoms with Gasteiger partial charge in [0.25, 0.3) is 0 Å². The molecule has 3 aliphatic heterocycles. The molecule has 0 aliphatic carbocycles. The highest BCUT2D eigenvalue weighted by atomic mass is 35.5. The number of pyridine rings is 1. The zero-order chi connectivity index (χ0) is 29.3. The first-order valence-electron chi connectivity index (χ1n) is 15.1. The summed E-state index contributed by atoms with van der Waals surface area (Å²) in [6, 6.07) is 16.7. The number of carbonyl (C=O) groups is 1. The van der Waals surface area contributed by atoms with E-state index in [-0.39, 0.29) is 30.4 Å². The Morgan fingerprint density at radius 1 is 1.05 bits per heavy atom. The number of nitrogens with zero attached hydrogens (tertiary/aromatic N) is 4. The number of aromatic nitrogens is 3. The van der Waals surface area contributed by atoms with E-state index in [9.17, 15) is 9.18 Å². The molecule has 224 valence electrons. The highest BCUT2D eigenvalue weighted by molar-refractivity contribution is 6.30. The van der Waals surface area contributed by atoms with Crippen molar-refractivity contribution in [2.75, 3.05) is 26.2 Å². The van der Waals surface area contributed by atoms with Gasteiger partial charge < -0.3 is 19.4 Å². The van der Waals surface area contributed by atoms with Crippen LogP contribution >= 0.6 is 11.6 Å². The van der Waals surface area contributed by atoms with E-state index in [0.717, 1.165) is 93.1 Å². The van der Waals surface area contributed by atoms with Crippen LogP contribution in [0.5, 0.6) is 5.88 Å². The second-order valence-corrected chi connectivity index (χ2v) is 12.2. The van der Waals surface area contributed by atoms with Gasteiger partial charge in [-0.15, -0.1) is 0 Å². The quantitative estimate of drug-likeness (QED) is 0.269. The molecule has 0 spiro atoms. The first kappa shape index (κ1) is 28.3. The van der Waals surface area contributed by atoms with Crippen LogP contribution in [0, 0.1) is 5.82 Å². The molecule has 10 heteroatoms. The molecule has 3 aliphatic rings. The third-order valence-corrected chi connectivity index (χ3v) is 9.22. The normalized spacial score (nSPS) is 21.2. The molecule has 0 saturated carbocycles. The average Bonchev–Trinajstić information content (AvgIpc) is 3.57. The summed E-state index contributed by atoms with van der Waals surface area (Å²) < 4.78 is 28.1. The van der Waals surface area contributed by atoms with E-state index >= 15 is 0 Å². The Morgan fingerprint density at radius 3 is 2.65 bits per heavy atom. The van der Waals surface area contributed by atoms with Crippen molar-refractivity contribution in [1.82, 2.24) is 24.8 Å². The summed E-state index contributed by atoms with van der Waals surface area (Å²) in [4.78, 5) is 24.6. The fraction of sp³-hybridized carbons (Fsp3) is 0.424. The number of likely N-dealkylation sites (tertiary alicyclic amines) is 1. The molecule has 2 aromatic heterocycles.